The predicted molar refractivity (Wildman–Crippen MR) is 124 cm³/mol. The molecule has 1 unspecified atom stereocenters. The molecule has 2 aliphatic rings. The van der Waals surface area contributed by atoms with Crippen molar-refractivity contribution in [2.45, 2.75) is 90.1 Å². The van der Waals surface area contributed by atoms with Crippen molar-refractivity contribution in [1.29, 1.82) is 0 Å². The van der Waals surface area contributed by atoms with Crippen LogP contribution in [-0.2, 0) is 4.74 Å². The molecular weight excluding hydrogens is 406 g/mol. The highest BCUT2D eigenvalue weighted by molar-refractivity contribution is 5.97. The van der Waals surface area contributed by atoms with Crippen molar-refractivity contribution < 1.29 is 14.3 Å². The average Bonchev–Trinajstić information content (AvgIpc) is 2.97. The molecule has 2 bridgehead atoms. The molecule has 7 nitrogen and oxygen atoms in total. The lowest BCUT2D eigenvalue weighted by Crippen LogP contribution is -2.53. The van der Waals surface area contributed by atoms with Crippen LogP contribution >= 0.6 is 0 Å². The highest BCUT2D eigenvalue weighted by Crippen LogP contribution is 2.37. The second-order valence-electron chi connectivity index (χ2n) is 10.3. The standard InChI is InChI=1S/C25H33N3O4/c1-15(2)27-21-9-7-6-8-16(21)12-20(23(27)30)22(29)26-17-13-18-10-11-19(14-17)28(18)24(31)32-25(3,4)5/h6-9,12,15,17-19H,10-11,13-14H2,1-5H3,(H,26,29)/t17?,18-,19+. The molecule has 2 saturated heterocycles. The van der Waals surface area contributed by atoms with E-state index in [1.54, 1.807) is 10.6 Å². The Labute approximate surface area is 188 Å². The molecule has 0 radical (unpaired) electrons. The molecule has 32 heavy (non-hydrogen) atoms. The molecule has 2 aromatic rings. The Morgan fingerprint density at radius 2 is 1.72 bits per heavy atom. The number of benzene rings is 1. The first-order valence-electron chi connectivity index (χ1n) is 11.5. The van der Waals surface area contributed by atoms with Gasteiger partial charge in [-0.1, -0.05) is 18.2 Å². The van der Waals surface area contributed by atoms with Crippen molar-refractivity contribution in [1.82, 2.24) is 14.8 Å². The second-order valence-corrected chi connectivity index (χ2v) is 10.3. The largest absolute Gasteiger partial charge is 0.444 e. The SMILES string of the molecule is CC(C)n1c(=O)c(C(=O)NC2C[C@H]3CC[C@@H](C2)N3C(=O)OC(C)(C)C)cc2ccccc21. The highest BCUT2D eigenvalue weighted by Gasteiger charge is 2.45. The summed E-state index contributed by atoms with van der Waals surface area (Å²) in [6.45, 7) is 9.49. The molecule has 2 aliphatic heterocycles. The number of fused-ring (bicyclic) bond motifs is 3. The van der Waals surface area contributed by atoms with Crippen LogP contribution in [0.15, 0.2) is 35.1 Å². The van der Waals surface area contributed by atoms with E-state index in [0.717, 1.165) is 23.7 Å². The number of carbonyl (C=O) groups excluding carboxylic acids is 2. The van der Waals surface area contributed by atoms with Gasteiger partial charge in [-0.25, -0.2) is 4.79 Å². The molecule has 0 spiro atoms. The zero-order valence-corrected chi connectivity index (χ0v) is 19.6. The Hall–Kier alpha value is -2.83. The maximum absolute atomic E-state index is 13.2. The fourth-order valence-electron chi connectivity index (χ4n) is 5.13. The Bertz CT molecular complexity index is 1080. The van der Waals surface area contributed by atoms with Gasteiger partial charge < -0.3 is 19.5 Å². The van der Waals surface area contributed by atoms with Crippen molar-refractivity contribution in [3.63, 3.8) is 0 Å². The quantitative estimate of drug-likeness (QED) is 0.776. The molecule has 172 valence electrons. The third-order valence-electron chi connectivity index (χ3n) is 6.38. The second kappa shape index (κ2) is 8.26. The molecule has 3 atom stereocenters. The zero-order valence-electron chi connectivity index (χ0n) is 19.6. The predicted octanol–water partition coefficient (Wildman–Crippen LogP) is 4.24. The van der Waals surface area contributed by atoms with E-state index in [4.69, 9.17) is 4.74 Å². The number of piperidine rings is 1. The summed E-state index contributed by atoms with van der Waals surface area (Å²) in [4.78, 5) is 40.8. The number of pyridine rings is 1. The van der Waals surface area contributed by atoms with Crippen LogP contribution in [0.5, 0.6) is 0 Å². The average molecular weight is 440 g/mol. The van der Waals surface area contributed by atoms with Crippen LogP contribution in [0.25, 0.3) is 10.9 Å². The van der Waals surface area contributed by atoms with Gasteiger partial charge >= 0.3 is 6.09 Å². The van der Waals surface area contributed by atoms with Crippen molar-refractivity contribution in [3.8, 4) is 0 Å². The maximum Gasteiger partial charge on any atom is 0.410 e. The number of nitrogens with zero attached hydrogens (tertiary/aromatic N) is 2. The van der Waals surface area contributed by atoms with Crippen LogP contribution in [0.1, 0.15) is 76.7 Å². The minimum atomic E-state index is -0.534. The minimum Gasteiger partial charge on any atom is -0.444 e. The molecule has 1 aromatic carbocycles. The van der Waals surface area contributed by atoms with Gasteiger partial charge in [0, 0.05) is 24.2 Å². The van der Waals surface area contributed by atoms with Crippen molar-refractivity contribution in [2.75, 3.05) is 0 Å². The Balaban J connectivity index is 1.53. The molecule has 4 rings (SSSR count). The number of carbonyl (C=O) groups is 2. The fourth-order valence-corrected chi connectivity index (χ4v) is 5.13. The third kappa shape index (κ3) is 4.25. The molecule has 3 heterocycles. The van der Waals surface area contributed by atoms with Gasteiger partial charge in [0.25, 0.3) is 11.5 Å². The van der Waals surface area contributed by atoms with Gasteiger partial charge in [-0.05, 0) is 77.8 Å². The number of amides is 2. The summed E-state index contributed by atoms with van der Waals surface area (Å²) in [6.07, 6.45) is 2.89. The van der Waals surface area contributed by atoms with E-state index in [1.807, 2.05) is 63.8 Å². The smallest absolute Gasteiger partial charge is 0.410 e. The summed E-state index contributed by atoms with van der Waals surface area (Å²) < 4.78 is 7.27. The summed E-state index contributed by atoms with van der Waals surface area (Å²) >= 11 is 0. The summed E-state index contributed by atoms with van der Waals surface area (Å²) in [5.74, 6) is -0.342. The van der Waals surface area contributed by atoms with Gasteiger partial charge in [0.05, 0.1) is 5.52 Å². The molecule has 1 N–H and O–H groups in total. The molecule has 2 fully saturated rings. The van der Waals surface area contributed by atoms with Gasteiger partial charge in [0.1, 0.15) is 11.2 Å². The minimum absolute atomic E-state index is 0.0535. The lowest BCUT2D eigenvalue weighted by atomic mass is 9.97. The molecular formula is C25H33N3O4. The van der Waals surface area contributed by atoms with Gasteiger partial charge in [0.15, 0.2) is 0 Å². The molecule has 0 aliphatic carbocycles. The molecule has 2 amide bonds. The van der Waals surface area contributed by atoms with Gasteiger partial charge in [-0.3, -0.25) is 9.59 Å². The number of hydrogen-bond donors (Lipinski definition) is 1. The third-order valence-corrected chi connectivity index (χ3v) is 6.38. The van der Waals surface area contributed by atoms with Crippen LogP contribution in [0.3, 0.4) is 0 Å². The summed E-state index contributed by atoms with van der Waals surface area (Å²) in [5, 5.41) is 3.95. The number of aromatic nitrogens is 1. The lowest BCUT2D eigenvalue weighted by molar-refractivity contribution is 0.00500. The van der Waals surface area contributed by atoms with E-state index in [-0.39, 0.29) is 47.3 Å². The summed E-state index contributed by atoms with van der Waals surface area (Å²) in [7, 11) is 0. The number of ether oxygens (including phenoxy) is 1. The number of nitrogens with one attached hydrogen (secondary N) is 1. The normalized spacial score (nSPS) is 22.9. The Morgan fingerprint density at radius 1 is 1.09 bits per heavy atom. The Morgan fingerprint density at radius 3 is 2.31 bits per heavy atom. The number of hydrogen-bond acceptors (Lipinski definition) is 4. The van der Waals surface area contributed by atoms with Crippen molar-refractivity contribution in [2.24, 2.45) is 0 Å². The van der Waals surface area contributed by atoms with Crippen molar-refractivity contribution in [3.05, 3.63) is 46.2 Å². The van der Waals surface area contributed by atoms with Crippen molar-refractivity contribution >= 4 is 22.9 Å². The first kappa shape index (κ1) is 22.4. The highest BCUT2D eigenvalue weighted by atomic mass is 16.6. The first-order chi connectivity index (χ1) is 15.0. The fraction of sp³-hybridized carbons (Fsp3) is 0.560. The van der Waals surface area contributed by atoms with Crippen LogP contribution in [0.4, 0.5) is 4.79 Å². The van der Waals surface area contributed by atoms with Gasteiger partial charge in [-0.15, -0.1) is 0 Å². The molecule has 0 saturated carbocycles. The van der Waals surface area contributed by atoms with E-state index >= 15 is 0 Å². The summed E-state index contributed by atoms with van der Waals surface area (Å²) in [6, 6.07) is 9.29. The topological polar surface area (TPSA) is 80.6 Å². The lowest BCUT2D eigenvalue weighted by Gasteiger charge is -2.39. The first-order valence-corrected chi connectivity index (χ1v) is 11.5. The number of para-hydroxylation sites is 1. The van der Waals surface area contributed by atoms with Gasteiger partial charge in [0.2, 0.25) is 0 Å². The van der Waals surface area contributed by atoms with Crippen LogP contribution in [0.2, 0.25) is 0 Å². The van der Waals surface area contributed by atoms with E-state index in [1.165, 1.54) is 0 Å². The van der Waals surface area contributed by atoms with E-state index < -0.39 is 5.60 Å². The monoisotopic (exact) mass is 439 g/mol. The zero-order chi connectivity index (χ0) is 23.2. The maximum atomic E-state index is 13.2. The number of rotatable bonds is 3. The molecule has 7 heteroatoms. The summed E-state index contributed by atoms with van der Waals surface area (Å²) in [5.41, 5.74) is 0.186. The van der Waals surface area contributed by atoms with E-state index in [9.17, 15) is 14.4 Å². The molecule has 1 aromatic heterocycles. The van der Waals surface area contributed by atoms with E-state index in [2.05, 4.69) is 5.32 Å². The Kier molecular flexibility index (Phi) is 5.77. The van der Waals surface area contributed by atoms with E-state index in [0.29, 0.717) is 12.8 Å². The van der Waals surface area contributed by atoms with Crippen LogP contribution in [0, 0.1) is 0 Å². The van der Waals surface area contributed by atoms with Gasteiger partial charge in [-0.2, -0.15) is 0 Å². The van der Waals surface area contributed by atoms with Crippen LogP contribution < -0.4 is 10.9 Å². The van der Waals surface area contributed by atoms with Crippen LogP contribution in [-0.4, -0.2) is 45.2 Å².